The molecule has 5 aliphatic rings. The van der Waals surface area contributed by atoms with Crippen LogP contribution in [0.5, 0.6) is 5.88 Å². The van der Waals surface area contributed by atoms with Crippen LogP contribution in [0.25, 0.3) is 5.57 Å². The average molecular weight is 963 g/mol. The van der Waals surface area contributed by atoms with E-state index in [0.29, 0.717) is 29.6 Å². The second-order valence-corrected chi connectivity index (χ2v) is 20.4. The molecule has 1 spiro atoms. The number of anilines is 4. The highest BCUT2D eigenvalue weighted by atomic mass is 16.5. The van der Waals surface area contributed by atoms with Gasteiger partial charge in [0.05, 0.1) is 12.3 Å². The van der Waals surface area contributed by atoms with Crippen molar-refractivity contribution in [1.29, 1.82) is 0 Å². The van der Waals surface area contributed by atoms with E-state index in [4.69, 9.17) is 14.7 Å². The quantitative estimate of drug-likeness (QED) is 0.155. The average Bonchev–Trinajstić information content (AvgIpc) is 3.37. The minimum absolute atomic E-state index is 0.0436. The molecule has 9 heteroatoms. The highest BCUT2D eigenvalue weighted by Crippen LogP contribution is 2.43. The third-order valence-corrected chi connectivity index (χ3v) is 14.4. The van der Waals surface area contributed by atoms with Gasteiger partial charge >= 0.3 is 0 Å². The SMILES string of the molecule is C=CC.C=CNC(=C)CCC(C)c1ccc(N2CCC3(CC2)CN(CC2CCN(c4ccc(NC(=C)/N=C5/C=C(c6cnc7c(c6C)N(C(C)(C)C)CCO7)C=C/C5=C/C)cc4)CC2)C3)cc1.CC.CC. The maximum absolute atomic E-state index is 5.99. The molecule has 0 radical (unpaired) electrons. The van der Waals surface area contributed by atoms with Crippen LogP contribution in [0.15, 0.2) is 140 Å². The summed E-state index contributed by atoms with van der Waals surface area (Å²) in [4.78, 5) is 20.1. The molecule has 3 saturated heterocycles. The summed E-state index contributed by atoms with van der Waals surface area (Å²) in [7, 11) is 0. The zero-order chi connectivity index (χ0) is 51.7. The molecular formula is C62H90N8O. The molecule has 2 N–H and O–H groups in total. The predicted octanol–water partition coefficient (Wildman–Crippen LogP) is 14.5. The Hall–Kier alpha value is -5.80. The van der Waals surface area contributed by atoms with Gasteiger partial charge in [-0.3, -0.25) is 0 Å². The predicted molar refractivity (Wildman–Crippen MR) is 309 cm³/mol. The van der Waals surface area contributed by atoms with Crippen LogP contribution in [0.2, 0.25) is 0 Å². The Balaban J connectivity index is 0.00000128. The Morgan fingerprint density at radius 1 is 0.887 bits per heavy atom. The van der Waals surface area contributed by atoms with Crippen molar-refractivity contribution in [2.45, 2.75) is 126 Å². The van der Waals surface area contributed by atoms with Crippen LogP contribution in [-0.4, -0.2) is 80.1 Å². The first-order chi connectivity index (χ1) is 34.2. The number of benzene rings is 2. The number of allylic oxidation sites excluding steroid dienone is 8. The molecule has 4 aliphatic heterocycles. The Morgan fingerprint density at radius 2 is 1.49 bits per heavy atom. The highest BCUT2D eigenvalue weighted by molar-refractivity contribution is 6.17. The molecule has 2 aromatic carbocycles. The number of nitrogens with one attached hydrogen (secondary N) is 2. The first-order valence-electron chi connectivity index (χ1n) is 26.8. The lowest BCUT2D eigenvalue weighted by molar-refractivity contribution is -0.0292. The van der Waals surface area contributed by atoms with Crippen molar-refractivity contribution < 1.29 is 4.74 Å². The zero-order valence-electron chi connectivity index (χ0n) is 45.8. The molecule has 0 bridgehead atoms. The fourth-order valence-electron chi connectivity index (χ4n) is 10.6. The van der Waals surface area contributed by atoms with Crippen LogP contribution in [0.1, 0.15) is 130 Å². The maximum atomic E-state index is 5.99. The number of ether oxygens (including phenoxy) is 1. The summed E-state index contributed by atoms with van der Waals surface area (Å²) in [6.07, 6.45) is 21.1. The van der Waals surface area contributed by atoms with E-state index >= 15 is 0 Å². The maximum Gasteiger partial charge on any atom is 0.237 e. The van der Waals surface area contributed by atoms with E-state index in [1.165, 1.54) is 75.3 Å². The topological polar surface area (TPSA) is 71.5 Å². The fraction of sp³-hybridized carbons (Fsp3) is 0.484. The molecule has 1 aliphatic carbocycles. The molecule has 1 atom stereocenters. The Labute approximate surface area is 430 Å². The highest BCUT2D eigenvalue weighted by Gasteiger charge is 2.45. The number of pyridine rings is 1. The van der Waals surface area contributed by atoms with E-state index in [-0.39, 0.29) is 5.54 Å². The Bertz CT molecular complexity index is 2340. The largest absolute Gasteiger partial charge is 0.474 e. The van der Waals surface area contributed by atoms with E-state index in [2.05, 4.69) is 164 Å². The van der Waals surface area contributed by atoms with Crippen molar-refractivity contribution in [2.24, 2.45) is 16.3 Å². The summed E-state index contributed by atoms with van der Waals surface area (Å²) in [5.41, 5.74) is 12.9. The number of piperidine rings is 2. The molecule has 5 heterocycles. The van der Waals surface area contributed by atoms with Gasteiger partial charge in [-0.05, 0) is 168 Å². The van der Waals surface area contributed by atoms with Crippen molar-refractivity contribution in [2.75, 3.05) is 79.0 Å². The monoisotopic (exact) mass is 963 g/mol. The van der Waals surface area contributed by atoms with Gasteiger partial charge in [0.15, 0.2) is 0 Å². The summed E-state index contributed by atoms with van der Waals surface area (Å²) in [6.45, 7) is 48.5. The zero-order valence-corrected chi connectivity index (χ0v) is 45.8. The van der Waals surface area contributed by atoms with Crippen LogP contribution < -0.4 is 30.1 Å². The molecule has 3 fully saturated rings. The summed E-state index contributed by atoms with van der Waals surface area (Å²) in [5.74, 6) is 2.60. The van der Waals surface area contributed by atoms with Crippen LogP contribution >= 0.6 is 0 Å². The van der Waals surface area contributed by atoms with Gasteiger partial charge in [0.1, 0.15) is 18.1 Å². The van der Waals surface area contributed by atoms with Crippen molar-refractivity contribution in [3.05, 3.63) is 151 Å². The van der Waals surface area contributed by atoms with E-state index in [0.717, 1.165) is 83.5 Å². The first-order valence-corrected chi connectivity index (χ1v) is 26.8. The lowest BCUT2D eigenvalue weighted by Gasteiger charge is -2.55. The number of hydrogen-bond acceptors (Lipinski definition) is 9. The van der Waals surface area contributed by atoms with Gasteiger partial charge in [0, 0.05) is 85.9 Å². The van der Waals surface area contributed by atoms with E-state index in [1.54, 1.807) is 12.3 Å². The smallest absolute Gasteiger partial charge is 0.237 e. The van der Waals surface area contributed by atoms with Gasteiger partial charge in [-0.15, -0.1) is 6.58 Å². The first kappa shape index (κ1) is 56.1. The lowest BCUT2D eigenvalue weighted by atomic mass is 9.71. The summed E-state index contributed by atoms with van der Waals surface area (Å²) >= 11 is 0. The fourth-order valence-corrected chi connectivity index (χ4v) is 10.6. The molecule has 3 aromatic rings. The molecule has 1 aromatic heterocycles. The van der Waals surface area contributed by atoms with Crippen molar-refractivity contribution in [1.82, 2.24) is 15.2 Å². The molecule has 9 nitrogen and oxygen atoms in total. The minimum Gasteiger partial charge on any atom is -0.474 e. The minimum atomic E-state index is -0.0436. The van der Waals surface area contributed by atoms with Crippen LogP contribution in [0.4, 0.5) is 22.7 Å². The number of aromatic nitrogens is 1. The van der Waals surface area contributed by atoms with Crippen LogP contribution in [-0.2, 0) is 0 Å². The number of nitrogens with zero attached hydrogens (tertiary/aromatic N) is 6. The normalized spacial score (nSPS) is 19.0. The number of hydrogen-bond donors (Lipinski definition) is 2. The van der Waals surface area contributed by atoms with Crippen molar-refractivity contribution in [3.63, 3.8) is 0 Å². The number of aliphatic imine (C=N–C) groups is 1. The van der Waals surface area contributed by atoms with E-state index < -0.39 is 0 Å². The summed E-state index contributed by atoms with van der Waals surface area (Å²) in [6, 6.07) is 18.1. The number of fused-ring (bicyclic) bond motifs is 1. The van der Waals surface area contributed by atoms with Crippen LogP contribution in [0, 0.1) is 18.3 Å². The molecule has 384 valence electrons. The van der Waals surface area contributed by atoms with Crippen LogP contribution in [0.3, 0.4) is 0 Å². The lowest BCUT2D eigenvalue weighted by Crippen LogP contribution is -2.61. The van der Waals surface area contributed by atoms with Crippen molar-refractivity contribution >= 4 is 34.0 Å². The van der Waals surface area contributed by atoms with E-state index in [9.17, 15) is 0 Å². The molecular weight excluding hydrogens is 873 g/mol. The number of rotatable bonds is 14. The third kappa shape index (κ3) is 14.7. The van der Waals surface area contributed by atoms with Gasteiger partial charge in [-0.1, -0.05) is 90.8 Å². The molecule has 71 heavy (non-hydrogen) atoms. The van der Waals surface area contributed by atoms with Crippen molar-refractivity contribution in [3.8, 4) is 5.88 Å². The summed E-state index contributed by atoms with van der Waals surface area (Å²) < 4.78 is 5.99. The van der Waals surface area contributed by atoms with Gasteiger partial charge in [0.2, 0.25) is 5.88 Å². The second kappa shape index (κ2) is 26.6. The van der Waals surface area contributed by atoms with Gasteiger partial charge in [-0.25, -0.2) is 9.98 Å². The molecule has 0 amide bonds. The summed E-state index contributed by atoms with van der Waals surface area (Å²) in [5, 5.41) is 6.58. The standard InChI is InChI=1S/C55H72N8O.C3H6.2C2H6/c1-10-44-14-15-46(50-35-57-53-52(41(50)5)63(32-33-64-53)54(7,8)9)34-51(44)59-42(6)58-47-18-22-49(23-19-47)61-28-24-43(25-29-61)36-60-37-55(38-60)26-30-62(31-27-55)48-20-16-45(17-21-48)39(3)12-13-40(4)56-11-2;1-3-2;2*1-2/h10-11,14-23,34-35,39,43,56,58H,2,4,6,12-13,24-33,36-38H2,1,3,5,7-9H3;3H,1H2,2H3;2*1-2H3/b44-10-,59-51-;;;. The molecule has 1 unspecified atom stereocenters. The second-order valence-electron chi connectivity index (χ2n) is 20.4. The van der Waals surface area contributed by atoms with Gasteiger partial charge < -0.3 is 35.0 Å². The molecule has 0 saturated carbocycles. The third-order valence-electron chi connectivity index (χ3n) is 14.4. The van der Waals surface area contributed by atoms with Gasteiger partial charge in [0.25, 0.3) is 0 Å². The number of likely N-dealkylation sites (tertiary alicyclic amines) is 1. The van der Waals surface area contributed by atoms with Gasteiger partial charge in [-0.2, -0.15) is 0 Å². The molecule has 8 rings (SSSR count). The Kier molecular flexibility index (Phi) is 21.0. The van der Waals surface area contributed by atoms with E-state index in [1.807, 2.05) is 47.7 Å². The Morgan fingerprint density at radius 3 is 2.08 bits per heavy atom.